The van der Waals surface area contributed by atoms with Gasteiger partial charge in [0, 0.05) is 12.5 Å². The van der Waals surface area contributed by atoms with Gasteiger partial charge in [-0.3, -0.25) is 0 Å². The van der Waals surface area contributed by atoms with Gasteiger partial charge < -0.3 is 15.3 Å². The van der Waals surface area contributed by atoms with Crippen molar-refractivity contribution < 1.29 is 15.3 Å². The lowest BCUT2D eigenvalue weighted by Crippen LogP contribution is -2.67. The van der Waals surface area contributed by atoms with E-state index < -0.39 is 6.10 Å². The summed E-state index contributed by atoms with van der Waals surface area (Å²) in [7, 11) is 0. The lowest BCUT2D eigenvalue weighted by Gasteiger charge is -2.72. The van der Waals surface area contributed by atoms with Crippen LogP contribution in [0.3, 0.4) is 0 Å². The molecule has 0 aromatic carbocycles. The van der Waals surface area contributed by atoms with E-state index >= 15 is 0 Å². The summed E-state index contributed by atoms with van der Waals surface area (Å²) in [5, 5.41) is 33.0. The maximum Gasteiger partial charge on any atom is 0.0762 e. The van der Waals surface area contributed by atoms with Crippen LogP contribution in [0, 0.1) is 50.2 Å². The highest BCUT2D eigenvalue weighted by Gasteiger charge is 2.69. The third-order valence-electron chi connectivity index (χ3n) is 13.2. The van der Waals surface area contributed by atoms with E-state index in [1.165, 1.54) is 24.8 Å². The van der Waals surface area contributed by atoms with Crippen molar-refractivity contribution in [1.82, 2.24) is 0 Å². The van der Waals surface area contributed by atoms with Crippen LogP contribution >= 0.6 is 0 Å². The molecule has 0 saturated heterocycles. The van der Waals surface area contributed by atoms with E-state index in [-0.39, 0.29) is 45.7 Å². The molecule has 0 aliphatic heterocycles. The number of hydrogen-bond donors (Lipinski definition) is 3. The van der Waals surface area contributed by atoms with Crippen LogP contribution in [-0.4, -0.2) is 34.1 Å². The Morgan fingerprint density at radius 1 is 0.848 bits per heavy atom. The van der Waals surface area contributed by atoms with Gasteiger partial charge in [0.15, 0.2) is 0 Å². The first kappa shape index (κ1) is 24.3. The fourth-order valence-electron chi connectivity index (χ4n) is 10.7. The van der Waals surface area contributed by atoms with Gasteiger partial charge >= 0.3 is 0 Å². The minimum atomic E-state index is -0.415. The van der Waals surface area contributed by atoms with E-state index in [1.54, 1.807) is 0 Å². The van der Waals surface area contributed by atoms with Gasteiger partial charge in [-0.25, -0.2) is 0 Å². The number of aliphatic hydroxyl groups is 3. The molecular formula is C30H50O3. The molecule has 5 aliphatic carbocycles. The van der Waals surface area contributed by atoms with Gasteiger partial charge in [-0.2, -0.15) is 0 Å². The van der Waals surface area contributed by atoms with Crippen LogP contribution in [0.1, 0.15) is 106 Å². The summed E-state index contributed by atoms with van der Waals surface area (Å²) in [5.74, 6) is 1.15. The van der Waals surface area contributed by atoms with Crippen LogP contribution in [0.5, 0.6) is 0 Å². The zero-order valence-corrected chi connectivity index (χ0v) is 22.4. The zero-order valence-electron chi connectivity index (χ0n) is 22.4. The summed E-state index contributed by atoms with van der Waals surface area (Å²) >= 11 is 0. The maximum absolute atomic E-state index is 11.9. The van der Waals surface area contributed by atoms with Gasteiger partial charge in [-0.15, -0.1) is 0 Å². The van der Waals surface area contributed by atoms with Gasteiger partial charge in [0.1, 0.15) is 0 Å². The van der Waals surface area contributed by atoms with Crippen LogP contribution in [-0.2, 0) is 0 Å². The van der Waals surface area contributed by atoms with E-state index in [0.29, 0.717) is 17.3 Å². The van der Waals surface area contributed by atoms with Crippen molar-refractivity contribution in [1.29, 1.82) is 0 Å². The van der Waals surface area contributed by atoms with Crippen LogP contribution in [0.25, 0.3) is 0 Å². The Morgan fingerprint density at radius 2 is 1.52 bits per heavy atom. The Morgan fingerprint density at radius 3 is 2.18 bits per heavy atom. The van der Waals surface area contributed by atoms with Crippen LogP contribution in [0.4, 0.5) is 0 Å². The van der Waals surface area contributed by atoms with Gasteiger partial charge in [-0.1, -0.05) is 60.1 Å². The topological polar surface area (TPSA) is 60.7 Å². The first-order valence-electron chi connectivity index (χ1n) is 13.9. The highest BCUT2D eigenvalue weighted by molar-refractivity contribution is 5.35. The third-order valence-corrected chi connectivity index (χ3v) is 13.2. The zero-order chi connectivity index (χ0) is 24.2. The summed E-state index contributed by atoms with van der Waals surface area (Å²) in [5.41, 5.74) is 1.93. The van der Waals surface area contributed by atoms with Crippen LogP contribution < -0.4 is 0 Å². The Balaban J connectivity index is 1.61. The quantitative estimate of drug-likeness (QED) is 0.415. The summed E-state index contributed by atoms with van der Waals surface area (Å²) in [4.78, 5) is 0. The molecule has 10 atom stereocenters. The molecule has 3 nitrogen and oxygen atoms in total. The molecule has 0 aromatic rings. The van der Waals surface area contributed by atoms with Crippen molar-refractivity contribution in [3.05, 3.63) is 11.6 Å². The summed E-state index contributed by atoms with van der Waals surface area (Å²) in [6, 6.07) is 0. The van der Waals surface area contributed by atoms with Crippen molar-refractivity contribution >= 4 is 0 Å². The van der Waals surface area contributed by atoms with Crippen LogP contribution in [0.2, 0.25) is 0 Å². The minimum absolute atomic E-state index is 0.000849. The first-order chi connectivity index (χ1) is 15.2. The second kappa shape index (κ2) is 7.10. The van der Waals surface area contributed by atoms with E-state index in [2.05, 4.69) is 54.5 Å². The van der Waals surface area contributed by atoms with Gasteiger partial charge in [0.25, 0.3) is 0 Å². The molecule has 0 radical (unpaired) electrons. The molecule has 3 N–H and O–H groups in total. The van der Waals surface area contributed by atoms with Gasteiger partial charge in [0.2, 0.25) is 0 Å². The van der Waals surface area contributed by atoms with Crippen molar-refractivity contribution in [2.75, 3.05) is 6.61 Å². The van der Waals surface area contributed by atoms with Crippen molar-refractivity contribution in [2.45, 2.75) is 118 Å². The second-order valence-corrected chi connectivity index (χ2v) is 15.2. The number of aliphatic hydroxyl groups excluding tert-OH is 3. The molecule has 0 aromatic heterocycles. The molecule has 4 fully saturated rings. The molecular weight excluding hydrogens is 408 g/mol. The molecule has 33 heavy (non-hydrogen) atoms. The molecule has 188 valence electrons. The molecule has 4 saturated carbocycles. The highest BCUT2D eigenvalue weighted by atomic mass is 16.3. The Hall–Kier alpha value is -0.380. The average molecular weight is 459 g/mol. The maximum atomic E-state index is 11.9. The standard InChI is InChI=1S/C30H50O3/c1-25(2)22-8-11-30(7)24(28(22,5)10-9-23(25)33)21(32)16-19-20-17-26(3,18-31)12-13-27(20,4)14-15-29(19,30)6/h16,20-24,31-33H,8-15,17-18H2,1-7H3/t20-,21?,22-,23-,24+,26-,27+,28-,29+,30+/m0/s1. The van der Waals surface area contributed by atoms with Crippen molar-refractivity contribution in [3.8, 4) is 0 Å². The number of allylic oxidation sites excluding steroid dienone is 1. The number of hydrogen-bond acceptors (Lipinski definition) is 3. The summed E-state index contributed by atoms with van der Waals surface area (Å²) < 4.78 is 0. The molecule has 1 unspecified atom stereocenters. The normalized spacial score (nSPS) is 57.8. The van der Waals surface area contributed by atoms with E-state index in [4.69, 9.17) is 0 Å². The fourth-order valence-corrected chi connectivity index (χ4v) is 10.7. The average Bonchev–Trinajstić information content (AvgIpc) is 2.74. The van der Waals surface area contributed by atoms with E-state index in [0.717, 1.165) is 38.5 Å². The smallest absolute Gasteiger partial charge is 0.0762 e. The molecule has 0 bridgehead atoms. The van der Waals surface area contributed by atoms with E-state index in [1.807, 2.05) is 0 Å². The lowest BCUT2D eigenvalue weighted by molar-refractivity contribution is -0.224. The first-order valence-corrected chi connectivity index (χ1v) is 13.9. The molecule has 5 rings (SSSR count). The molecule has 3 heteroatoms. The van der Waals surface area contributed by atoms with Crippen LogP contribution in [0.15, 0.2) is 11.6 Å². The third kappa shape index (κ3) is 2.97. The van der Waals surface area contributed by atoms with Gasteiger partial charge in [-0.05, 0) is 102 Å². The Kier molecular flexibility index (Phi) is 5.23. The largest absolute Gasteiger partial charge is 0.396 e. The number of fused-ring (bicyclic) bond motifs is 7. The monoisotopic (exact) mass is 458 g/mol. The van der Waals surface area contributed by atoms with E-state index in [9.17, 15) is 15.3 Å². The lowest BCUT2D eigenvalue weighted by atomic mass is 9.33. The molecule has 0 spiro atoms. The second-order valence-electron chi connectivity index (χ2n) is 15.2. The summed E-state index contributed by atoms with van der Waals surface area (Å²) in [6.07, 6.45) is 11.6. The summed E-state index contributed by atoms with van der Waals surface area (Å²) in [6.45, 7) is 17.1. The Bertz CT molecular complexity index is 847. The minimum Gasteiger partial charge on any atom is -0.396 e. The molecule has 0 heterocycles. The molecule has 5 aliphatic rings. The Labute approximate surface area is 202 Å². The highest BCUT2D eigenvalue weighted by Crippen LogP contribution is 2.75. The molecule has 0 amide bonds. The number of rotatable bonds is 1. The SMILES string of the molecule is CC1(C)[C@@H](O)CC[C@]2(C)[C@H]3C(O)C=C4[C@@H]5C[C@@](C)(CO)CC[C@]5(C)CC[C@@]4(C)[C@]3(C)CC[C@@H]12. The fraction of sp³-hybridized carbons (Fsp3) is 0.933. The van der Waals surface area contributed by atoms with Crippen molar-refractivity contribution in [2.24, 2.45) is 50.2 Å². The predicted octanol–water partition coefficient (Wildman–Crippen LogP) is 6.11. The van der Waals surface area contributed by atoms with Gasteiger partial charge in [0.05, 0.1) is 12.2 Å². The van der Waals surface area contributed by atoms with Crippen molar-refractivity contribution in [3.63, 3.8) is 0 Å². The predicted molar refractivity (Wildman–Crippen MR) is 134 cm³/mol.